The minimum absolute atomic E-state index is 0.0122. The molecule has 132 valence electrons. The maximum absolute atomic E-state index is 12.1. The number of benzene rings is 1. The molecule has 0 aliphatic heterocycles. The molecule has 0 saturated heterocycles. The molecule has 6 nitrogen and oxygen atoms in total. The first-order valence-electron chi connectivity index (χ1n) is 8.64. The van der Waals surface area contributed by atoms with Gasteiger partial charge in [-0.1, -0.05) is 43.2 Å². The average Bonchev–Trinajstić information content (AvgIpc) is 3.30. The first-order valence-corrected chi connectivity index (χ1v) is 8.64. The second-order valence-corrected chi connectivity index (χ2v) is 6.24. The Kier molecular flexibility index (Phi) is 5.85. The van der Waals surface area contributed by atoms with Gasteiger partial charge in [0.2, 0.25) is 5.91 Å². The normalized spacial score (nSPS) is 15.7. The zero-order chi connectivity index (χ0) is 17.5. The highest BCUT2D eigenvalue weighted by Crippen LogP contribution is 2.22. The van der Waals surface area contributed by atoms with Gasteiger partial charge in [0, 0.05) is 6.04 Å². The molecule has 1 aromatic heterocycles. The second kappa shape index (κ2) is 8.48. The second-order valence-electron chi connectivity index (χ2n) is 6.24. The lowest BCUT2D eigenvalue weighted by Gasteiger charge is -2.17. The summed E-state index contributed by atoms with van der Waals surface area (Å²) in [5, 5.41) is 8.37. The van der Waals surface area contributed by atoms with Gasteiger partial charge in [-0.3, -0.25) is 15.4 Å². The Hall–Kier alpha value is -2.60. The number of carbonyl (C=O) groups is 2. The Bertz CT molecular complexity index is 679. The summed E-state index contributed by atoms with van der Waals surface area (Å²) < 4.78 is 5.48. The van der Waals surface area contributed by atoms with Crippen molar-refractivity contribution in [2.45, 2.75) is 37.8 Å². The topological polar surface area (TPSA) is 83.4 Å². The van der Waals surface area contributed by atoms with Crippen LogP contribution in [0.4, 0.5) is 4.79 Å². The van der Waals surface area contributed by atoms with Gasteiger partial charge in [-0.25, -0.2) is 4.79 Å². The molecule has 0 spiro atoms. The van der Waals surface area contributed by atoms with Gasteiger partial charge in [0.25, 0.3) is 0 Å². The van der Waals surface area contributed by atoms with Gasteiger partial charge >= 0.3 is 6.03 Å². The third-order valence-corrected chi connectivity index (χ3v) is 4.37. The number of nitrogens with one attached hydrogen (secondary N) is 3. The SMILES string of the molecule is O=C(CN[C@@H](c1ccccc1)c1ccco1)NC(=O)NC1CCCC1. The first kappa shape index (κ1) is 17.2. The average molecular weight is 341 g/mol. The van der Waals surface area contributed by atoms with E-state index in [-0.39, 0.29) is 24.5 Å². The van der Waals surface area contributed by atoms with Crippen LogP contribution in [0.3, 0.4) is 0 Å². The van der Waals surface area contributed by atoms with Gasteiger partial charge in [0.15, 0.2) is 0 Å². The number of furan rings is 1. The molecule has 0 radical (unpaired) electrons. The van der Waals surface area contributed by atoms with Gasteiger partial charge in [-0.2, -0.15) is 0 Å². The van der Waals surface area contributed by atoms with Gasteiger partial charge in [0.1, 0.15) is 5.76 Å². The fourth-order valence-corrected chi connectivity index (χ4v) is 3.14. The van der Waals surface area contributed by atoms with E-state index in [9.17, 15) is 9.59 Å². The van der Waals surface area contributed by atoms with Crippen LogP contribution in [-0.4, -0.2) is 24.5 Å². The Morgan fingerprint density at radius 3 is 2.52 bits per heavy atom. The minimum Gasteiger partial charge on any atom is -0.467 e. The van der Waals surface area contributed by atoms with Crippen LogP contribution in [-0.2, 0) is 4.79 Å². The largest absolute Gasteiger partial charge is 0.467 e. The quantitative estimate of drug-likeness (QED) is 0.754. The van der Waals surface area contributed by atoms with Gasteiger partial charge in [-0.05, 0) is 30.5 Å². The molecule has 3 rings (SSSR count). The van der Waals surface area contributed by atoms with E-state index < -0.39 is 6.03 Å². The summed E-state index contributed by atoms with van der Waals surface area (Å²) in [5.74, 6) is 0.345. The fourth-order valence-electron chi connectivity index (χ4n) is 3.14. The highest BCUT2D eigenvalue weighted by molar-refractivity contribution is 5.95. The lowest BCUT2D eigenvalue weighted by atomic mass is 10.0. The van der Waals surface area contributed by atoms with Crippen molar-refractivity contribution >= 4 is 11.9 Å². The van der Waals surface area contributed by atoms with Crippen molar-refractivity contribution in [2.24, 2.45) is 0 Å². The van der Waals surface area contributed by atoms with Crippen LogP contribution in [0, 0.1) is 0 Å². The maximum Gasteiger partial charge on any atom is 0.321 e. The molecule has 1 saturated carbocycles. The minimum atomic E-state index is -0.423. The Labute approximate surface area is 147 Å². The maximum atomic E-state index is 12.1. The number of rotatable bonds is 6. The molecule has 1 atom stereocenters. The first-order chi connectivity index (χ1) is 12.2. The zero-order valence-corrected chi connectivity index (χ0v) is 14.0. The van der Waals surface area contributed by atoms with Crippen molar-refractivity contribution in [3.63, 3.8) is 0 Å². The molecule has 1 fully saturated rings. The van der Waals surface area contributed by atoms with Crippen molar-refractivity contribution in [3.05, 3.63) is 60.1 Å². The molecule has 1 heterocycles. The standard InChI is InChI=1S/C19H23N3O3/c23-17(22-19(24)21-15-9-4-5-10-15)13-20-18(16-11-6-12-25-16)14-7-2-1-3-8-14/h1-3,6-8,11-12,15,18,20H,4-5,9-10,13H2,(H2,21,22,23,24)/t18-/m0/s1. The highest BCUT2D eigenvalue weighted by atomic mass is 16.3. The van der Waals surface area contributed by atoms with Crippen LogP contribution in [0.15, 0.2) is 53.1 Å². The van der Waals surface area contributed by atoms with E-state index in [0.29, 0.717) is 0 Å². The summed E-state index contributed by atoms with van der Waals surface area (Å²) in [6.07, 6.45) is 5.82. The van der Waals surface area contributed by atoms with E-state index in [0.717, 1.165) is 37.0 Å². The fraction of sp³-hybridized carbons (Fsp3) is 0.368. The molecule has 1 aromatic carbocycles. The summed E-state index contributed by atoms with van der Waals surface area (Å²) in [6, 6.07) is 12.9. The molecular formula is C19H23N3O3. The summed E-state index contributed by atoms with van der Waals surface area (Å²) in [7, 11) is 0. The van der Waals surface area contributed by atoms with Crippen LogP contribution in [0.1, 0.15) is 43.0 Å². The molecule has 1 aliphatic rings. The zero-order valence-electron chi connectivity index (χ0n) is 14.0. The van der Waals surface area contributed by atoms with Gasteiger partial charge in [-0.15, -0.1) is 0 Å². The molecular weight excluding hydrogens is 318 g/mol. The summed E-state index contributed by atoms with van der Waals surface area (Å²) >= 11 is 0. The third kappa shape index (κ3) is 4.93. The highest BCUT2D eigenvalue weighted by Gasteiger charge is 2.20. The van der Waals surface area contributed by atoms with Crippen molar-refractivity contribution in [2.75, 3.05) is 6.54 Å². The molecule has 2 aromatic rings. The molecule has 25 heavy (non-hydrogen) atoms. The van der Waals surface area contributed by atoms with Crippen LogP contribution >= 0.6 is 0 Å². The van der Waals surface area contributed by atoms with Crippen LogP contribution in [0.5, 0.6) is 0 Å². The van der Waals surface area contributed by atoms with E-state index >= 15 is 0 Å². The molecule has 0 bridgehead atoms. The molecule has 1 aliphatic carbocycles. The molecule has 6 heteroatoms. The summed E-state index contributed by atoms with van der Waals surface area (Å²) in [5.41, 5.74) is 0.987. The Morgan fingerprint density at radius 1 is 1.08 bits per heavy atom. The lowest BCUT2D eigenvalue weighted by molar-refractivity contribution is -0.119. The van der Waals surface area contributed by atoms with Crippen molar-refractivity contribution in [1.29, 1.82) is 0 Å². The monoisotopic (exact) mass is 341 g/mol. The van der Waals surface area contributed by atoms with E-state index in [1.807, 2.05) is 42.5 Å². The Morgan fingerprint density at radius 2 is 1.84 bits per heavy atom. The van der Waals surface area contributed by atoms with Crippen molar-refractivity contribution in [1.82, 2.24) is 16.0 Å². The number of hydrogen-bond acceptors (Lipinski definition) is 4. The van der Waals surface area contributed by atoms with Crippen LogP contribution < -0.4 is 16.0 Å². The van der Waals surface area contributed by atoms with Crippen LogP contribution in [0.2, 0.25) is 0 Å². The summed E-state index contributed by atoms with van der Waals surface area (Å²) in [4.78, 5) is 23.9. The predicted octanol–water partition coefficient (Wildman–Crippen LogP) is 2.73. The van der Waals surface area contributed by atoms with E-state index in [1.165, 1.54) is 0 Å². The van der Waals surface area contributed by atoms with Gasteiger partial charge < -0.3 is 9.73 Å². The van der Waals surface area contributed by atoms with Gasteiger partial charge in [0.05, 0.1) is 18.8 Å². The number of hydrogen-bond donors (Lipinski definition) is 3. The number of amides is 3. The molecule has 3 N–H and O–H groups in total. The van der Waals surface area contributed by atoms with Crippen LogP contribution in [0.25, 0.3) is 0 Å². The summed E-state index contributed by atoms with van der Waals surface area (Å²) in [6.45, 7) is 0.0122. The smallest absolute Gasteiger partial charge is 0.321 e. The van der Waals surface area contributed by atoms with E-state index in [2.05, 4.69) is 16.0 Å². The van der Waals surface area contributed by atoms with Crippen molar-refractivity contribution < 1.29 is 14.0 Å². The number of imide groups is 1. The molecule has 3 amide bonds. The van der Waals surface area contributed by atoms with E-state index in [1.54, 1.807) is 6.26 Å². The predicted molar refractivity (Wildman–Crippen MR) is 93.9 cm³/mol. The van der Waals surface area contributed by atoms with E-state index in [4.69, 9.17) is 4.42 Å². The van der Waals surface area contributed by atoms with Crippen molar-refractivity contribution in [3.8, 4) is 0 Å². The molecule has 0 unspecified atom stereocenters. The Balaban J connectivity index is 1.54. The number of urea groups is 1. The third-order valence-electron chi connectivity index (χ3n) is 4.37. The number of carbonyl (C=O) groups excluding carboxylic acids is 2. The lowest BCUT2D eigenvalue weighted by Crippen LogP contribution is -2.46.